The van der Waals surface area contributed by atoms with E-state index in [0.29, 0.717) is 38.9 Å². The predicted octanol–water partition coefficient (Wildman–Crippen LogP) is 0.337. The summed E-state index contributed by atoms with van der Waals surface area (Å²) in [6, 6.07) is 0.251. The van der Waals surface area contributed by atoms with Crippen molar-refractivity contribution in [2.24, 2.45) is 5.73 Å². The number of rotatable bonds is 3. The number of fused-ring (bicyclic) bond motifs is 1. The molecular formula is C13H23N3O2. The summed E-state index contributed by atoms with van der Waals surface area (Å²) >= 11 is 0. The standard InChI is InChI=1S/C13H23N3O2/c1-13(2,14)6-5-11(17)15-7-8-16-10(9-15)3-4-12(16)18/h10H,3-9,14H2,1-2H3. The summed E-state index contributed by atoms with van der Waals surface area (Å²) in [5, 5.41) is 0. The molecule has 2 rings (SSSR count). The van der Waals surface area contributed by atoms with E-state index in [1.54, 1.807) is 0 Å². The molecule has 2 aliphatic rings. The molecule has 5 heteroatoms. The molecule has 102 valence electrons. The Kier molecular flexibility index (Phi) is 3.61. The lowest BCUT2D eigenvalue weighted by atomic mass is 9.99. The predicted molar refractivity (Wildman–Crippen MR) is 68.8 cm³/mol. The molecule has 2 saturated heterocycles. The second-order valence-corrected chi connectivity index (χ2v) is 6.11. The van der Waals surface area contributed by atoms with Crippen LogP contribution in [0.1, 0.15) is 39.5 Å². The second-order valence-electron chi connectivity index (χ2n) is 6.11. The van der Waals surface area contributed by atoms with E-state index >= 15 is 0 Å². The van der Waals surface area contributed by atoms with Gasteiger partial charge in [0.1, 0.15) is 0 Å². The van der Waals surface area contributed by atoms with Gasteiger partial charge >= 0.3 is 0 Å². The van der Waals surface area contributed by atoms with Gasteiger partial charge in [0.25, 0.3) is 0 Å². The Labute approximate surface area is 108 Å². The zero-order chi connectivity index (χ0) is 13.3. The van der Waals surface area contributed by atoms with Crippen molar-refractivity contribution in [1.29, 1.82) is 0 Å². The van der Waals surface area contributed by atoms with Gasteiger partial charge < -0.3 is 15.5 Å². The third-order valence-corrected chi connectivity index (χ3v) is 3.83. The molecule has 2 aliphatic heterocycles. The minimum Gasteiger partial charge on any atom is -0.339 e. The van der Waals surface area contributed by atoms with Gasteiger partial charge in [0.15, 0.2) is 0 Å². The zero-order valence-corrected chi connectivity index (χ0v) is 11.3. The molecule has 18 heavy (non-hydrogen) atoms. The first-order valence-corrected chi connectivity index (χ1v) is 6.73. The molecule has 2 N–H and O–H groups in total. The van der Waals surface area contributed by atoms with Crippen LogP contribution in [0.3, 0.4) is 0 Å². The van der Waals surface area contributed by atoms with Gasteiger partial charge in [-0.25, -0.2) is 0 Å². The number of hydrogen-bond acceptors (Lipinski definition) is 3. The van der Waals surface area contributed by atoms with E-state index in [1.165, 1.54) is 0 Å². The molecule has 1 unspecified atom stereocenters. The van der Waals surface area contributed by atoms with Gasteiger partial charge in [-0.2, -0.15) is 0 Å². The van der Waals surface area contributed by atoms with Crippen LogP contribution in [0, 0.1) is 0 Å². The molecular weight excluding hydrogens is 230 g/mol. The van der Waals surface area contributed by atoms with E-state index in [0.717, 1.165) is 6.42 Å². The van der Waals surface area contributed by atoms with Crippen molar-refractivity contribution < 1.29 is 9.59 Å². The monoisotopic (exact) mass is 253 g/mol. The van der Waals surface area contributed by atoms with E-state index < -0.39 is 0 Å². The molecule has 0 aliphatic carbocycles. The molecule has 2 fully saturated rings. The van der Waals surface area contributed by atoms with Crippen molar-refractivity contribution in [1.82, 2.24) is 9.80 Å². The van der Waals surface area contributed by atoms with Gasteiger partial charge in [-0.15, -0.1) is 0 Å². The second kappa shape index (κ2) is 4.88. The third kappa shape index (κ3) is 3.02. The molecule has 2 heterocycles. The quantitative estimate of drug-likeness (QED) is 0.788. The van der Waals surface area contributed by atoms with Gasteiger partial charge in [-0.3, -0.25) is 9.59 Å². The highest BCUT2D eigenvalue weighted by Gasteiger charge is 2.36. The van der Waals surface area contributed by atoms with Crippen molar-refractivity contribution >= 4 is 11.8 Å². The highest BCUT2D eigenvalue weighted by atomic mass is 16.2. The zero-order valence-electron chi connectivity index (χ0n) is 11.3. The maximum atomic E-state index is 12.1. The van der Waals surface area contributed by atoms with Crippen molar-refractivity contribution in [3.8, 4) is 0 Å². The fraction of sp³-hybridized carbons (Fsp3) is 0.846. The van der Waals surface area contributed by atoms with E-state index in [2.05, 4.69) is 0 Å². The topological polar surface area (TPSA) is 66.6 Å². The summed E-state index contributed by atoms with van der Waals surface area (Å²) < 4.78 is 0. The van der Waals surface area contributed by atoms with Crippen LogP contribution in [0.5, 0.6) is 0 Å². The molecule has 0 radical (unpaired) electrons. The first kappa shape index (κ1) is 13.3. The smallest absolute Gasteiger partial charge is 0.223 e. The fourth-order valence-corrected chi connectivity index (χ4v) is 2.68. The first-order chi connectivity index (χ1) is 8.37. The molecule has 0 aromatic carbocycles. The lowest BCUT2D eigenvalue weighted by Gasteiger charge is -2.37. The van der Waals surface area contributed by atoms with Crippen LogP contribution in [-0.2, 0) is 9.59 Å². The maximum absolute atomic E-state index is 12.1. The SMILES string of the molecule is CC(C)(N)CCC(=O)N1CCN2C(=O)CCC2C1. The van der Waals surface area contributed by atoms with E-state index in [1.807, 2.05) is 23.6 Å². The van der Waals surface area contributed by atoms with Crippen LogP contribution in [0.2, 0.25) is 0 Å². The molecule has 0 aromatic heterocycles. The van der Waals surface area contributed by atoms with Gasteiger partial charge in [-0.05, 0) is 26.7 Å². The van der Waals surface area contributed by atoms with Crippen LogP contribution >= 0.6 is 0 Å². The summed E-state index contributed by atoms with van der Waals surface area (Å²) in [6.07, 6.45) is 2.74. The van der Waals surface area contributed by atoms with E-state index in [-0.39, 0.29) is 23.4 Å². The summed E-state index contributed by atoms with van der Waals surface area (Å²) in [6.45, 7) is 5.95. The summed E-state index contributed by atoms with van der Waals surface area (Å²) in [5.74, 6) is 0.419. The Morgan fingerprint density at radius 2 is 2.17 bits per heavy atom. The van der Waals surface area contributed by atoms with Gasteiger partial charge in [0, 0.05) is 44.1 Å². The summed E-state index contributed by atoms with van der Waals surface area (Å²) in [5.41, 5.74) is 5.60. The largest absolute Gasteiger partial charge is 0.339 e. The molecule has 1 atom stereocenters. The average Bonchev–Trinajstić information content (AvgIpc) is 2.66. The van der Waals surface area contributed by atoms with Crippen molar-refractivity contribution in [3.63, 3.8) is 0 Å². The number of nitrogens with zero attached hydrogens (tertiary/aromatic N) is 2. The number of carbonyl (C=O) groups excluding carboxylic acids is 2. The molecule has 0 saturated carbocycles. The van der Waals surface area contributed by atoms with E-state index in [9.17, 15) is 9.59 Å². The first-order valence-electron chi connectivity index (χ1n) is 6.73. The Bertz CT molecular complexity index is 349. The minimum absolute atomic E-state index is 0.174. The lowest BCUT2D eigenvalue weighted by Crippen LogP contribution is -2.53. The molecule has 5 nitrogen and oxygen atoms in total. The highest BCUT2D eigenvalue weighted by molar-refractivity contribution is 5.80. The number of carbonyl (C=O) groups is 2. The molecule has 0 bridgehead atoms. The Hall–Kier alpha value is -1.10. The number of nitrogens with two attached hydrogens (primary N) is 1. The molecule has 2 amide bonds. The normalized spacial score (nSPS) is 24.4. The van der Waals surface area contributed by atoms with Crippen molar-refractivity contribution in [2.45, 2.75) is 51.1 Å². The summed E-state index contributed by atoms with van der Waals surface area (Å²) in [4.78, 5) is 27.5. The van der Waals surface area contributed by atoms with Crippen LogP contribution in [0.15, 0.2) is 0 Å². The number of piperazine rings is 1. The van der Waals surface area contributed by atoms with Crippen molar-refractivity contribution in [2.75, 3.05) is 19.6 Å². The van der Waals surface area contributed by atoms with Gasteiger partial charge in [0.05, 0.1) is 0 Å². The molecule has 0 spiro atoms. The average molecular weight is 253 g/mol. The molecule has 0 aromatic rings. The minimum atomic E-state index is -0.291. The Morgan fingerprint density at radius 3 is 2.83 bits per heavy atom. The van der Waals surface area contributed by atoms with Crippen LogP contribution in [-0.4, -0.2) is 52.8 Å². The number of hydrogen-bond donors (Lipinski definition) is 1. The van der Waals surface area contributed by atoms with Gasteiger partial charge in [-0.1, -0.05) is 0 Å². The van der Waals surface area contributed by atoms with Gasteiger partial charge in [0.2, 0.25) is 11.8 Å². The Morgan fingerprint density at radius 1 is 1.44 bits per heavy atom. The third-order valence-electron chi connectivity index (χ3n) is 3.83. The Balaban J connectivity index is 1.84. The van der Waals surface area contributed by atoms with Crippen LogP contribution in [0.4, 0.5) is 0 Å². The summed E-state index contributed by atoms with van der Waals surface area (Å²) in [7, 11) is 0. The van der Waals surface area contributed by atoms with Crippen molar-refractivity contribution in [3.05, 3.63) is 0 Å². The highest BCUT2D eigenvalue weighted by Crippen LogP contribution is 2.23. The van der Waals surface area contributed by atoms with E-state index in [4.69, 9.17) is 5.73 Å². The maximum Gasteiger partial charge on any atom is 0.223 e. The lowest BCUT2D eigenvalue weighted by molar-refractivity contribution is -0.139. The number of amides is 2. The van der Waals surface area contributed by atoms with Crippen LogP contribution < -0.4 is 5.73 Å². The van der Waals surface area contributed by atoms with Crippen LogP contribution in [0.25, 0.3) is 0 Å². The fourth-order valence-electron chi connectivity index (χ4n) is 2.68.